The van der Waals surface area contributed by atoms with Crippen LogP contribution in [0, 0.1) is 0 Å². The molecule has 0 spiro atoms. The molecule has 1 aliphatic heterocycles. The van der Waals surface area contributed by atoms with E-state index < -0.39 is 0 Å². The minimum absolute atomic E-state index is 0.542. The predicted molar refractivity (Wildman–Crippen MR) is 97.2 cm³/mol. The SMILES string of the molecule is C1CCCC1.O=Cc1nccs1.c1csc(CN2CCCC2)n1. The number of hydrogen-bond donors (Lipinski definition) is 0. The molecule has 1 saturated carbocycles. The number of hydrogen-bond acceptors (Lipinski definition) is 6. The molecule has 3 heterocycles. The van der Waals surface area contributed by atoms with E-state index in [-0.39, 0.29) is 0 Å². The van der Waals surface area contributed by atoms with Crippen molar-refractivity contribution in [2.45, 2.75) is 51.5 Å². The molecule has 2 fully saturated rings. The molecule has 2 aliphatic rings. The quantitative estimate of drug-likeness (QED) is 0.756. The van der Waals surface area contributed by atoms with Crippen LogP contribution in [0.25, 0.3) is 0 Å². The molecule has 0 N–H and O–H groups in total. The third-order valence-corrected chi connectivity index (χ3v) is 5.31. The molecular formula is C17H25N3OS2. The normalized spacial score (nSPS) is 17.0. The number of rotatable bonds is 3. The van der Waals surface area contributed by atoms with Gasteiger partial charge in [-0.05, 0) is 25.9 Å². The van der Waals surface area contributed by atoms with Gasteiger partial charge >= 0.3 is 0 Å². The lowest BCUT2D eigenvalue weighted by Gasteiger charge is -2.11. The largest absolute Gasteiger partial charge is 0.297 e. The lowest BCUT2D eigenvalue weighted by molar-refractivity contribution is 0.112. The molecule has 1 saturated heterocycles. The highest BCUT2D eigenvalue weighted by molar-refractivity contribution is 7.11. The molecule has 0 aromatic carbocycles. The number of nitrogens with zero attached hydrogens (tertiary/aromatic N) is 3. The standard InChI is InChI=1S/C8H12N2S.C5H10.C4H3NOS/c1-2-5-10(4-1)7-8-9-3-6-11-8;1-2-4-5-3-1;6-3-4-5-1-2-7-4/h3,6H,1-2,4-5,7H2;1-5H2;1-3H. The zero-order valence-corrected chi connectivity index (χ0v) is 15.2. The Bertz CT molecular complexity index is 496. The van der Waals surface area contributed by atoms with Crippen molar-refractivity contribution >= 4 is 29.0 Å². The average Bonchev–Trinajstić information content (AvgIpc) is 3.36. The van der Waals surface area contributed by atoms with E-state index in [9.17, 15) is 4.79 Å². The van der Waals surface area contributed by atoms with E-state index in [0.29, 0.717) is 5.01 Å². The Morgan fingerprint density at radius 3 is 1.96 bits per heavy atom. The Kier molecular flexibility index (Phi) is 9.06. The fraction of sp³-hybridized carbons (Fsp3) is 0.588. The third kappa shape index (κ3) is 7.81. The van der Waals surface area contributed by atoms with Crippen molar-refractivity contribution in [2.24, 2.45) is 0 Å². The van der Waals surface area contributed by atoms with Crippen molar-refractivity contribution in [3.05, 3.63) is 33.2 Å². The molecule has 0 amide bonds. The van der Waals surface area contributed by atoms with Gasteiger partial charge in [-0.15, -0.1) is 22.7 Å². The summed E-state index contributed by atoms with van der Waals surface area (Å²) in [6.45, 7) is 3.59. The number of carbonyl (C=O) groups is 1. The molecule has 0 unspecified atom stereocenters. The molecule has 126 valence electrons. The number of aromatic nitrogens is 2. The van der Waals surface area contributed by atoms with Crippen molar-refractivity contribution in [2.75, 3.05) is 13.1 Å². The summed E-state index contributed by atoms with van der Waals surface area (Å²) < 4.78 is 0. The van der Waals surface area contributed by atoms with Crippen LogP contribution in [0.5, 0.6) is 0 Å². The van der Waals surface area contributed by atoms with Crippen molar-refractivity contribution in [3.63, 3.8) is 0 Å². The van der Waals surface area contributed by atoms with Crippen molar-refractivity contribution in [1.82, 2.24) is 14.9 Å². The van der Waals surface area contributed by atoms with Crippen LogP contribution in [0.1, 0.15) is 59.8 Å². The molecule has 0 radical (unpaired) electrons. The van der Waals surface area contributed by atoms with E-state index in [4.69, 9.17) is 0 Å². The lowest BCUT2D eigenvalue weighted by atomic mass is 10.4. The maximum atomic E-state index is 9.82. The molecule has 23 heavy (non-hydrogen) atoms. The summed E-state index contributed by atoms with van der Waals surface area (Å²) in [5.74, 6) is 0. The average molecular weight is 352 g/mol. The van der Waals surface area contributed by atoms with Crippen LogP contribution in [0.4, 0.5) is 0 Å². The molecule has 2 aromatic rings. The minimum atomic E-state index is 0.542. The topological polar surface area (TPSA) is 46.1 Å². The van der Waals surface area contributed by atoms with Gasteiger partial charge in [0.25, 0.3) is 0 Å². The van der Waals surface area contributed by atoms with Crippen LogP contribution in [-0.2, 0) is 6.54 Å². The highest BCUT2D eigenvalue weighted by Gasteiger charge is 2.12. The minimum Gasteiger partial charge on any atom is -0.297 e. The molecule has 2 aromatic heterocycles. The Labute approximate surface area is 146 Å². The van der Waals surface area contributed by atoms with Gasteiger partial charge in [-0.2, -0.15) is 0 Å². The van der Waals surface area contributed by atoms with Gasteiger partial charge in [0.15, 0.2) is 11.3 Å². The zero-order valence-electron chi connectivity index (χ0n) is 13.5. The summed E-state index contributed by atoms with van der Waals surface area (Å²) in [4.78, 5) is 20.2. The Hall–Kier alpha value is -1.11. The monoisotopic (exact) mass is 351 g/mol. The number of likely N-dealkylation sites (tertiary alicyclic amines) is 1. The van der Waals surface area contributed by atoms with Gasteiger partial charge in [0.2, 0.25) is 0 Å². The van der Waals surface area contributed by atoms with Crippen LogP contribution >= 0.6 is 22.7 Å². The van der Waals surface area contributed by atoms with E-state index in [1.54, 1.807) is 22.9 Å². The fourth-order valence-corrected chi connectivity index (χ4v) is 3.74. The summed E-state index contributed by atoms with van der Waals surface area (Å²) in [6.07, 6.45) is 14.5. The van der Waals surface area contributed by atoms with Crippen LogP contribution in [0.15, 0.2) is 23.2 Å². The molecule has 6 heteroatoms. The first kappa shape index (κ1) is 18.2. The van der Waals surface area contributed by atoms with Gasteiger partial charge in [-0.25, -0.2) is 9.97 Å². The summed E-state index contributed by atoms with van der Waals surface area (Å²) in [5.41, 5.74) is 0. The fourth-order valence-electron chi connectivity index (χ4n) is 2.64. The number of carbonyl (C=O) groups excluding carboxylic acids is 1. The lowest BCUT2D eigenvalue weighted by Crippen LogP contribution is -2.17. The first-order valence-corrected chi connectivity index (χ1v) is 10.1. The Morgan fingerprint density at radius 2 is 1.52 bits per heavy atom. The Balaban J connectivity index is 0.000000137. The van der Waals surface area contributed by atoms with Gasteiger partial charge in [0, 0.05) is 23.2 Å². The maximum absolute atomic E-state index is 9.82. The summed E-state index contributed by atoms with van der Waals surface area (Å²) >= 11 is 3.10. The molecule has 4 nitrogen and oxygen atoms in total. The highest BCUT2D eigenvalue weighted by Crippen LogP contribution is 2.15. The molecule has 1 aliphatic carbocycles. The number of thiazole rings is 2. The predicted octanol–water partition coefficient (Wildman–Crippen LogP) is 4.65. The van der Waals surface area contributed by atoms with Crippen LogP contribution in [0.2, 0.25) is 0 Å². The van der Waals surface area contributed by atoms with Gasteiger partial charge in [-0.1, -0.05) is 32.1 Å². The van der Waals surface area contributed by atoms with E-state index in [1.807, 2.05) is 11.6 Å². The van der Waals surface area contributed by atoms with Crippen LogP contribution in [-0.4, -0.2) is 34.2 Å². The Morgan fingerprint density at radius 1 is 0.913 bits per heavy atom. The smallest absolute Gasteiger partial charge is 0.178 e. The highest BCUT2D eigenvalue weighted by atomic mass is 32.1. The second kappa shape index (κ2) is 11.4. The molecule has 0 bridgehead atoms. The number of aldehydes is 1. The second-order valence-electron chi connectivity index (χ2n) is 5.67. The van der Waals surface area contributed by atoms with Crippen LogP contribution < -0.4 is 0 Å². The molecule has 0 atom stereocenters. The van der Waals surface area contributed by atoms with Crippen molar-refractivity contribution in [3.8, 4) is 0 Å². The molecular weight excluding hydrogens is 326 g/mol. The summed E-state index contributed by atoms with van der Waals surface area (Å²) in [5, 5.41) is 5.61. The van der Waals surface area contributed by atoms with E-state index in [2.05, 4.69) is 14.9 Å². The molecule has 4 rings (SSSR count). The maximum Gasteiger partial charge on any atom is 0.178 e. The first-order valence-electron chi connectivity index (χ1n) is 8.34. The summed E-state index contributed by atoms with van der Waals surface area (Å²) in [7, 11) is 0. The van der Waals surface area contributed by atoms with Gasteiger partial charge < -0.3 is 0 Å². The second-order valence-corrected chi connectivity index (χ2v) is 7.57. The third-order valence-electron chi connectivity index (χ3n) is 3.84. The van der Waals surface area contributed by atoms with E-state index >= 15 is 0 Å². The van der Waals surface area contributed by atoms with E-state index in [0.717, 1.165) is 12.8 Å². The van der Waals surface area contributed by atoms with Crippen molar-refractivity contribution < 1.29 is 4.79 Å². The summed E-state index contributed by atoms with van der Waals surface area (Å²) in [6, 6.07) is 0. The van der Waals surface area contributed by atoms with Gasteiger partial charge in [0.05, 0.1) is 6.54 Å². The van der Waals surface area contributed by atoms with Gasteiger partial charge in [-0.3, -0.25) is 9.69 Å². The van der Waals surface area contributed by atoms with Crippen LogP contribution in [0.3, 0.4) is 0 Å². The van der Waals surface area contributed by atoms with Crippen molar-refractivity contribution in [1.29, 1.82) is 0 Å². The first-order chi connectivity index (χ1) is 11.4. The van der Waals surface area contributed by atoms with E-state index in [1.165, 1.54) is 74.4 Å². The van der Waals surface area contributed by atoms with Gasteiger partial charge in [0.1, 0.15) is 5.01 Å². The zero-order chi connectivity index (χ0) is 16.2.